The maximum atomic E-state index is 4.10. The van der Waals surface area contributed by atoms with Crippen molar-refractivity contribution in [3.63, 3.8) is 0 Å². The lowest BCUT2D eigenvalue weighted by Crippen LogP contribution is -2.37. The van der Waals surface area contributed by atoms with Crippen LogP contribution in [0.2, 0.25) is 0 Å². The molecule has 2 aliphatic rings. The van der Waals surface area contributed by atoms with Crippen molar-refractivity contribution in [1.29, 1.82) is 0 Å². The van der Waals surface area contributed by atoms with Gasteiger partial charge in [0, 0.05) is 31.5 Å². The van der Waals surface area contributed by atoms with Gasteiger partial charge in [0.2, 0.25) is 0 Å². The van der Waals surface area contributed by atoms with Gasteiger partial charge in [-0.25, -0.2) is 0 Å². The Bertz CT molecular complexity index is 338. The van der Waals surface area contributed by atoms with E-state index < -0.39 is 0 Å². The van der Waals surface area contributed by atoms with E-state index in [1.807, 2.05) is 12.4 Å². The van der Waals surface area contributed by atoms with Gasteiger partial charge < -0.3 is 5.32 Å². The number of piperidine rings is 1. The number of hydrogen-bond donors (Lipinski definition) is 1. The van der Waals surface area contributed by atoms with E-state index in [0.717, 1.165) is 12.5 Å². The van der Waals surface area contributed by atoms with Crippen LogP contribution in [-0.2, 0) is 0 Å². The fourth-order valence-electron chi connectivity index (χ4n) is 3.01. The summed E-state index contributed by atoms with van der Waals surface area (Å²) in [5, 5.41) is 3.61. The molecule has 0 saturated carbocycles. The Morgan fingerprint density at radius 2 is 2.12 bits per heavy atom. The second-order valence-corrected chi connectivity index (χ2v) is 4.96. The molecule has 0 radical (unpaired) electrons. The van der Waals surface area contributed by atoms with Gasteiger partial charge in [0.25, 0.3) is 0 Å². The van der Waals surface area contributed by atoms with Crippen LogP contribution in [-0.4, -0.2) is 36.1 Å². The molecule has 2 fully saturated rings. The number of nitrogens with one attached hydrogen (secondary N) is 1. The minimum atomic E-state index is 0.549. The molecule has 3 heteroatoms. The van der Waals surface area contributed by atoms with Crippen molar-refractivity contribution in [2.75, 3.05) is 26.2 Å². The van der Waals surface area contributed by atoms with E-state index in [2.05, 4.69) is 27.3 Å². The van der Waals surface area contributed by atoms with E-state index in [-0.39, 0.29) is 0 Å². The number of pyridine rings is 1. The van der Waals surface area contributed by atoms with Crippen molar-refractivity contribution in [3.8, 4) is 0 Å². The van der Waals surface area contributed by atoms with Gasteiger partial charge in [0.1, 0.15) is 0 Å². The number of rotatable bonds is 1. The van der Waals surface area contributed by atoms with E-state index in [1.165, 1.54) is 38.0 Å². The lowest BCUT2D eigenvalue weighted by atomic mass is 9.97. The molecule has 1 aromatic heterocycles. The Morgan fingerprint density at radius 3 is 3.00 bits per heavy atom. The molecule has 0 aliphatic carbocycles. The molecule has 3 rings (SSSR count). The Kier molecular flexibility index (Phi) is 2.89. The van der Waals surface area contributed by atoms with E-state index >= 15 is 0 Å². The van der Waals surface area contributed by atoms with E-state index in [4.69, 9.17) is 0 Å². The first-order chi connectivity index (χ1) is 7.93. The summed E-state index contributed by atoms with van der Waals surface area (Å²) in [5.41, 5.74) is 1.41. The average Bonchev–Trinajstić information content (AvgIpc) is 2.49. The highest BCUT2D eigenvalue weighted by Gasteiger charge is 2.29. The Labute approximate surface area is 96.9 Å². The van der Waals surface area contributed by atoms with Gasteiger partial charge in [0.05, 0.1) is 0 Å². The van der Waals surface area contributed by atoms with E-state index in [0.29, 0.717) is 6.04 Å². The third-order valence-electron chi connectivity index (χ3n) is 3.85. The summed E-state index contributed by atoms with van der Waals surface area (Å²) in [6.45, 7) is 4.80. The Morgan fingerprint density at radius 1 is 1.25 bits per heavy atom. The molecule has 0 amide bonds. The summed E-state index contributed by atoms with van der Waals surface area (Å²) in [7, 11) is 0. The Hall–Kier alpha value is -0.930. The predicted octanol–water partition coefficient (Wildman–Crippen LogP) is 1.44. The van der Waals surface area contributed by atoms with Gasteiger partial charge in [-0.3, -0.25) is 9.88 Å². The van der Waals surface area contributed by atoms with Gasteiger partial charge in [0.15, 0.2) is 0 Å². The van der Waals surface area contributed by atoms with Gasteiger partial charge in [-0.1, -0.05) is 0 Å². The van der Waals surface area contributed by atoms with Crippen LogP contribution in [0.25, 0.3) is 0 Å². The topological polar surface area (TPSA) is 28.2 Å². The van der Waals surface area contributed by atoms with Gasteiger partial charge >= 0.3 is 0 Å². The molecule has 2 aliphatic heterocycles. The SMILES string of the molecule is c1cc(C2CNCC3CCCN2C3)ccn1. The molecular formula is C13H19N3. The van der Waals surface area contributed by atoms with Crippen molar-refractivity contribution in [3.05, 3.63) is 30.1 Å². The first-order valence-electron chi connectivity index (χ1n) is 6.28. The van der Waals surface area contributed by atoms with Crippen LogP contribution in [0.15, 0.2) is 24.5 Å². The van der Waals surface area contributed by atoms with Crippen LogP contribution in [0.3, 0.4) is 0 Å². The fraction of sp³-hybridized carbons (Fsp3) is 0.615. The minimum Gasteiger partial charge on any atom is -0.315 e. The third kappa shape index (κ3) is 1.97. The summed E-state index contributed by atoms with van der Waals surface area (Å²) in [6, 6.07) is 4.86. The summed E-state index contributed by atoms with van der Waals surface area (Å²) in [4.78, 5) is 6.75. The highest BCUT2D eigenvalue weighted by atomic mass is 15.2. The summed E-state index contributed by atoms with van der Waals surface area (Å²) < 4.78 is 0. The predicted molar refractivity (Wildman–Crippen MR) is 64.1 cm³/mol. The summed E-state index contributed by atoms with van der Waals surface area (Å²) in [5.74, 6) is 0.862. The second kappa shape index (κ2) is 4.52. The first-order valence-corrected chi connectivity index (χ1v) is 6.28. The molecule has 86 valence electrons. The number of fused-ring (bicyclic) bond motifs is 2. The lowest BCUT2D eigenvalue weighted by Gasteiger charge is -2.35. The van der Waals surface area contributed by atoms with Crippen LogP contribution < -0.4 is 5.32 Å². The highest BCUT2D eigenvalue weighted by Crippen LogP contribution is 2.28. The molecule has 2 bridgehead atoms. The number of nitrogens with zero attached hydrogens (tertiary/aromatic N) is 2. The van der Waals surface area contributed by atoms with Crippen molar-refractivity contribution >= 4 is 0 Å². The largest absolute Gasteiger partial charge is 0.315 e. The number of hydrogen-bond acceptors (Lipinski definition) is 3. The third-order valence-corrected chi connectivity index (χ3v) is 3.85. The maximum Gasteiger partial charge on any atom is 0.0473 e. The lowest BCUT2D eigenvalue weighted by molar-refractivity contribution is 0.147. The molecule has 3 atom stereocenters. The molecule has 3 nitrogen and oxygen atoms in total. The summed E-state index contributed by atoms with van der Waals surface area (Å²) >= 11 is 0. The first kappa shape index (κ1) is 10.2. The van der Waals surface area contributed by atoms with E-state index in [1.54, 1.807) is 0 Å². The average molecular weight is 217 g/mol. The molecule has 0 spiro atoms. The van der Waals surface area contributed by atoms with Crippen molar-refractivity contribution in [1.82, 2.24) is 15.2 Å². The molecule has 0 aromatic carbocycles. The van der Waals surface area contributed by atoms with Crippen molar-refractivity contribution < 1.29 is 0 Å². The minimum absolute atomic E-state index is 0.549. The maximum absolute atomic E-state index is 4.10. The van der Waals surface area contributed by atoms with Crippen molar-refractivity contribution in [2.45, 2.75) is 18.9 Å². The molecule has 2 saturated heterocycles. The summed E-state index contributed by atoms with van der Waals surface area (Å²) in [6.07, 6.45) is 6.56. The van der Waals surface area contributed by atoms with E-state index in [9.17, 15) is 0 Å². The monoisotopic (exact) mass is 217 g/mol. The molecule has 16 heavy (non-hydrogen) atoms. The van der Waals surface area contributed by atoms with Crippen LogP contribution >= 0.6 is 0 Å². The molecule has 3 heterocycles. The van der Waals surface area contributed by atoms with Gasteiger partial charge in [-0.05, 0) is 49.5 Å². The zero-order valence-corrected chi connectivity index (χ0v) is 9.60. The second-order valence-electron chi connectivity index (χ2n) is 4.96. The van der Waals surface area contributed by atoms with Gasteiger partial charge in [-0.2, -0.15) is 0 Å². The molecule has 3 unspecified atom stereocenters. The standard InChI is InChI=1S/C13H19N3/c1-2-11-8-15-9-13(16(7-1)10-11)12-3-5-14-6-4-12/h3-6,11,13,15H,1-2,7-10H2. The smallest absolute Gasteiger partial charge is 0.0473 e. The fourth-order valence-corrected chi connectivity index (χ4v) is 3.01. The Balaban J connectivity index is 1.83. The zero-order valence-electron chi connectivity index (χ0n) is 9.60. The normalized spacial score (nSPS) is 34.4. The van der Waals surface area contributed by atoms with Crippen molar-refractivity contribution in [2.24, 2.45) is 5.92 Å². The van der Waals surface area contributed by atoms with Crippen LogP contribution in [0.4, 0.5) is 0 Å². The highest BCUT2D eigenvalue weighted by molar-refractivity contribution is 5.16. The van der Waals surface area contributed by atoms with Crippen LogP contribution in [0.5, 0.6) is 0 Å². The molecular weight excluding hydrogens is 198 g/mol. The van der Waals surface area contributed by atoms with Crippen LogP contribution in [0.1, 0.15) is 24.4 Å². The van der Waals surface area contributed by atoms with Gasteiger partial charge in [-0.15, -0.1) is 0 Å². The quantitative estimate of drug-likeness (QED) is 0.771. The molecule has 1 aromatic rings. The van der Waals surface area contributed by atoms with Crippen LogP contribution in [0, 0.1) is 5.92 Å². The molecule has 1 N–H and O–H groups in total. The zero-order chi connectivity index (χ0) is 10.8. The number of aromatic nitrogens is 1.